The second kappa shape index (κ2) is 10.3. The van der Waals surface area contributed by atoms with Crippen LogP contribution in [0.2, 0.25) is 0 Å². The van der Waals surface area contributed by atoms with Crippen LogP contribution in [-0.2, 0) is 19.1 Å². The molecule has 2 saturated carbocycles. The van der Waals surface area contributed by atoms with Crippen LogP contribution in [0.4, 0.5) is 0 Å². The fourth-order valence-corrected chi connectivity index (χ4v) is 4.96. The van der Waals surface area contributed by atoms with Gasteiger partial charge in [0, 0.05) is 12.8 Å². The molecule has 4 nitrogen and oxygen atoms in total. The molecule has 0 aliphatic heterocycles. The van der Waals surface area contributed by atoms with Gasteiger partial charge in [-0.05, 0) is 80.5 Å². The SMILES string of the molecule is CC(C)(C)C1CCC(OC(=O)CCCC(=O)OC2CCC(C(C)(C)C)CC2)CC1. The van der Waals surface area contributed by atoms with Gasteiger partial charge in [-0.2, -0.15) is 0 Å². The third-order valence-corrected chi connectivity index (χ3v) is 7.16. The van der Waals surface area contributed by atoms with E-state index in [4.69, 9.17) is 9.47 Å². The number of carbonyl (C=O) groups is 2. The van der Waals surface area contributed by atoms with E-state index < -0.39 is 0 Å². The van der Waals surface area contributed by atoms with E-state index in [2.05, 4.69) is 41.5 Å². The molecule has 2 aliphatic carbocycles. The van der Waals surface area contributed by atoms with Crippen molar-refractivity contribution in [2.45, 2.75) is 124 Å². The Kier molecular flexibility index (Phi) is 8.60. The van der Waals surface area contributed by atoms with Crippen molar-refractivity contribution in [3.05, 3.63) is 0 Å². The first-order valence-electron chi connectivity index (χ1n) is 11.8. The molecule has 0 heterocycles. The molecule has 0 amide bonds. The zero-order chi connectivity index (χ0) is 21.7. The van der Waals surface area contributed by atoms with Crippen LogP contribution >= 0.6 is 0 Å². The molecular weight excluding hydrogens is 364 g/mol. The molecule has 0 bridgehead atoms. The molecule has 0 unspecified atom stereocenters. The molecule has 29 heavy (non-hydrogen) atoms. The molecule has 0 saturated heterocycles. The number of hydrogen-bond donors (Lipinski definition) is 0. The molecule has 0 radical (unpaired) electrons. The van der Waals surface area contributed by atoms with Crippen molar-refractivity contribution in [2.24, 2.45) is 22.7 Å². The Morgan fingerprint density at radius 2 is 0.931 bits per heavy atom. The number of carbonyl (C=O) groups excluding carboxylic acids is 2. The molecule has 4 heteroatoms. The van der Waals surface area contributed by atoms with Gasteiger partial charge in [-0.3, -0.25) is 9.59 Å². The lowest BCUT2D eigenvalue weighted by atomic mass is 9.72. The number of esters is 2. The highest BCUT2D eigenvalue weighted by Crippen LogP contribution is 2.39. The summed E-state index contributed by atoms with van der Waals surface area (Å²) in [5.74, 6) is 1.10. The molecule has 0 spiro atoms. The van der Waals surface area contributed by atoms with Crippen LogP contribution in [0, 0.1) is 22.7 Å². The fourth-order valence-electron chi connectivity index (χ4n) is 4.96. The third-order valence-electron chi connectivity index (χ3n) is 7.16. The van der Waals surface area contributed by atoms with Gasteiger partial charge in [-0.1, -0.05) is 41.5 Å². The van der Waals surface area contributed by atoms with E-state index in [0.717, 1.165) is 51.4 Å². The molecule has 0 aromatic rings. The summed E-state index contributed by atoms with van der Waals surface area (Å²) in [4.78, 5) is 24.2. The molecule has 0 aromatic carbocycles. The monoisotopic (exact) mass is 408 g/mol. The van der Waals surface area contributed by atoms with E-state index in [1.165, 1.54) is 0 Å². The van der Waals surface area contributed by atoms with Gasteiger partial charge in [0.25, 0.3) is 0 Å². The van der Waals surface area contributed by atoms with Gasteiger partial charge in [-0.25, -0.2) is 0 Å². The van der Waals surface area contributed by atoms with Crippen molar-refractivity contribution in [2.75, 3.05) is 0 Å². The maximum Gasteiger partial charge on any atom is 0.306 e. The lowest BCUT2D eigenvalue weighted by Crippen LogP contribution is -2.30. The number of rotatable bonds is 6. The van der Waals surface area contributed by atoms with E-state index in [-0.39, 0.29) is 24.1 Å². The van der Waals surface area contributed by atoms with E-state index in [1.54, 1.807) is 0 Å². The first-order valence-corrected chi connectivity index (χ1v) is 11.8. The predicted octanol–water partition coefficient (Wildman–Crippen LogP) is 6.45. The van der Waals surface area contributed by atoms with Crippen LogP contribution in [0.25, 0.3) is 0 Å². The largest absolute Gasteiger partial charge is 0.462 e. The zero-order valence-electron chi connectivity index (χ0n) is 19.7. The molecule has 0 aromatic heterocycles. The van der Waals surface area contributed by atoms with Gasteiger partial charge < -0.3 is 9.47 Å². The summed E-state index contributed by atoms with van der Waals surface area (Å²) in [6.07, 6.45) is 9.65. The van der Waals surface area contributed by atoms with E-state index in [1.807, 2.05) is 0 Å². The molecule has 168 valence electrons. The lowest BCUT2D eigenvalue weighted by molar-refractivity contribution is -0.153. The normalized spacial score (nSPS) is 28.6. The maximum atomic E-state index is 12.1. The second-order valence-electron chi connectivity index (χ2n) is 11.5. The number of ether oxygens (including phenoxy) is 2. The van der Waals surface area contributed by atoms with Crippen LogP contribution in [-0.4, -0.2) is 24.1 Å². The first-order chi connectivity index (χ1) is 13.4. The highest BCUT2D eigenvalue weighted by Gasteiger charge is 2.32. The lowest BCUT2D eigenvalue weighted by Gasteiger charge is -2.36. The van der Waals surface area contributed by atoms with Crippen molar-refractivity contribution < 1.29 is 19.1 Å². The predicted molar refractivity (Wildman–Crippen MR) is 116 cm³/mol. The third kappa shape index (κ3) is 8.30. The Hall–Kier alpha value is -1.06. The van der Waals surface area contributed by atoms with Crippen LogP contribution < -0.4 is 0 Å². The van der Waals surface area contributed by atoms with Crippen LogP contribution in [0.3, 0.4) is 0 Å². The van der Waals surface area contributed by atoms with Crippen LogP contribution in [0.15, 0.2) is 0 Å². The van der Waals surface area contributed by atoms with Crippen molar-refractivity contribution in [1.82, 2.24) is 0 Å². The minimum Gasteiger partial charge on any atom is -0.462 e. The quantitative estimate of drug-likeness (QED) is 0.474. The standard InChI is InChI=1S/C25H44O4/c1-24(2,3)18-10-14-20(15-11-18)28-22(26)8-7-9-23(27)29-21-16-12-19(13-17-21)25(4,5)6/h18-21H,7-17H2,1-6H3. The second-order valence-corrected chi connectivity index (χ2v) is 11.5. The van der Waals surface area contributed by atoms with Gasteiger partial charge >= 0.3 is 11.9 Å². The molecular formula is C25H44O4. The number of hydrogen-bond acceptors (Lipinski definition) is 4. The first kappa shape index (κ1) is 24.2. The molecule has 0 atom stereocenters. The minimum atomic E-state index is -0.164. The Balaban J connectivity index is 1.57. The smallest absolute Gasteiger partial charge is 0.306 e. The van der Waals surface area contributed by atoms with Crippen molar-refractivity contribution in [1.29, 1.82) is 0 Å². The van der Waals surface area contributed by atoms with Crippen molar-refractivity contribution in [3.63, 3.8) is 0 Å². The molecule has 2 fully saturated rings. The Morgan fingerprint density at radius 3 is 1.21 bits per heavy atom. The van der Waals surface area contributed by atoms with Crippen molar-refractivity contribution >= 4 is 11.9 Å². The van der Waals surface area contributed by atoms with E-state index in [9.17, 15) is 9.59 Å². The summed E-state index contributed by atoms with van der Waals surface area (Å²) in [5, 5.41) is 0. The average Bonchev–Trinajstić information content (AvgIpc) is 2.61. The zero-order valence-corrected chi connectivity index (χ0v) is 19.7. The van der Waals surface area contributed by atoms with Crippen molar-refractivity contribution in [3.8, 4) is 0 Å². The minimum absolute atomic E-state index is 0.0612. The Morgan fingerprint density at radius 1 is 0.621 bits per heavy atom. The summed E-state index contributed by atoms with van der Waals surface area (Å²) < 4.78 is 11.3. The summed E-state index contributed by atoms with van der Waals surface area (Å²) >= 11 is 0. The topological polar surface area (TPSA) is 52.6 Å². The molecule has 2 aliphatic rings. The van der Waals surface area contributed by atoms with Gasteiger partial charge in [0.1, 0.15) is 12.2 Å². The Labute approximate surface area is 178 Å². The molecule has 0 N–H and O–H groups in total. The summed E-state index contributed by atoms with van der Waals surface area (Å²) in [6, 6.07) is 0. The van der Waals surface area contributed by atoms with Gasteiger partial charge in [0.05, 0.1) is 0 Å². The van der Waals surface area contributed by atoms with Crippen LogP contribution in [0.5, 0.6) is 0 Å². The van der Waals surface area contributed by atoms with E-state index >= 15 is 0 Å². The summed E-state index contributed by atoms with van der Waals surface area (Å²) in [5.41, 5.74) is 0.669. The van der Waals surface area contributed by atoms with Gasteiger partial charge in [-0.15, -0.1) is 0 Å². The Bertz CT molecular complexity index is 476. The highest BCUT2D eigenvalue weighted by atomic mass is 16.5. The average molecular weight is 409 g/mol. The van der Waals surface area contributed by atoms with Crippen LogP contribution in [0.1, 0.15) is 112 Å². The fraction of sp³-hybridized carbons (Fsp3) is 0.920. The molecule has 2 rings (SSSR count). The summed E-state index contributed by atoms with van der Waals surface area (Å²) in [7, 11) is 0. The summed E-state index contributed by atoms with van der Waals surface area (Å²) in [6.45, 7) is 13.7. The van der Waals surface area contributed by atoms with E-state index in [0.29, 0.717) is 41.9 Å². The van der Waals surface area contributed by atoms with Gasteiger partial charge in [0.2, 0.25) is 0 Å². The maximum absolute atomic E-state index is 12.1. The van der Waals surface area contributed by atoms with Gasteiger partial charge in [0.15, 0.2) is 0 Å². The highest BCUT2D eigenvalue weighted by molar-refractivity contribution is 5.72.